The van der Waals surface area contributed by atoms with Gasteiger partial charge in [-0.25, -0.2) is 0 Å². The second-order valence-corrected chi connectivity index (χ2v) is 8.32. The number of ketones is 1. The Bertz CT molecular complexity index is 1090. The number of carbonyl (C=O) groups excluding carboxylic acids is 1. The maximum absolute atomic E-state index is 13.5. The van der Waals surface area contributed by atoms with Crippen LogP contribution >= 0.6 is 0 Å². The van der Waals surface area contributed by atoms with Gasteiger partial charge in [0.1, 0.15) is 28.6 Å². The van der Waals surface area contributed by atoms with Crippen LogP contribution in [0.15, 0.2) is 42.0 Å². The molecule has 6 nitrogen and oxygen atoms in total. The van der Waals surface area contributed by atoms with E-state index in [2.05, 4.69) is 6.58 Å². The lowest BCUT2D eigenvalue weighted by Crippen LogP contribution is -2.29. The van der Waals surface area contributed by atoms with Crippen molar-refractivity contribution >= 4 is 5.78 Å². The summed E-state index contributed by atoms with van der Waals surface area (Å²) in [5.41, 5.74) is 2.34. The van der Waals surface area contributed by atoms with E-state index >= 15 is 0 Å². The zero-order chi connectivity index (χ0) is 23.0. The number of aliphatic hydroxyl groups is 1. The Labute approximate surface area is 181 Å². The maximum atomic E-state index is 13.5. The second-order valence-electron chi connectivity index (χ2n) is 8.32. The van der Waals surface area contributed by atoms with Crippen LogP contribution in [0, 0.1) is 12.8 Å². The van der Waals surface area contributed by atoms with Crippen LogP contribution in [0.5, 0.6) is 23.0 Å². The van der Waals surface area contributed by atoms with Crippen LogP contribution in [-0.2, 0) is 6.42 Å². The first-order valence-electron chi connectivity index (χ1n) is 10.1. The molecule has 31 heavy (non-hydrogen) atoms. The SMILES string of the molecule is C=C(C)[C@H]1COc2c(C)cc(O)c(C(=O)c3c(O)ccc(CC=C(C)C)c3O)c2[C@@H]1O. The normalized spacial score (nSPS) is 17.5. The Hall–Kier alpha value is -3.25. The number of aryl methyl sites for hydroxylation is 1. The Kier molecular flexibility index (Phi) is 6.13. The van der Waals surface area contributed by atoms with Crippen LogP contribution in [0.25, 0.3) is 0 Å². The highest BCUT2D eigenvalue weighted by Crippen LogP contribution is 2.47. The average molecular weight is 424 g/mol. The summed E-state index contributed by atoms with van der Waals surface area (Å²) in [6.45, 7) is 11.4. The summed E-state index contributed by atoms with van der Waals surface area (Å²) in [5.74, 6) is -2.09. The van der Waals surface area contributed by atoms with Gasteiger partial charge in [0.25, 0.3) is 0 Å². The number of hydrogen-bond donors (Lipinski definition) is 4. The van der Waals surface area contributed by atoms with E-state index in [1.54, 1.807) is 19.9 Å². The van der Waals surface area contributed by atoms with Crippen LogP contribution in [0.3, 0.4) is 0 Å². The van der Waals surface area contributed by atoms with Crippen LogP contribution in [-0.4, -0.2) is 32.8 Å². The van der Waals surface area contributed by atoms with E-state index in [0.29, 0.717) is 28.9 Å². The van der Waals surface area contributed by atoms with Gasteiger partial charge in [0.05, 0.1) is 18.3 Å². The summed E-state index contributed by atoms with van der Waals surface area (Å²) in [6.07, 6.45) is 1.13. The van der Waals surface area contributed by atoms with Gasteiger partial charge in [-0.3, -0.25) is 4.79 Å². The van der Waals surface area contributed by atoms with E-state index in [0.717, 1.165) is 5.57 Å². The third-order valence-electron chi connectivity index (χ3n) is 5.62. The van der Waals surface area contributed by atoms with Gasteiger partial charge in [0, 0.05) is 11.5 Å². The van der Waals surface area contributed by atoms with Gasteiger partial charge in [-0.2, -0.15) is 0 Å². The summed E-state index contributed by atoms with van der Waals surface area (Å²) in [4.78, 5) is 13.5. The molecule has 0 saturated carbocycles. The maximum Gasteiger partial charge on any atom is 0.204 e. The van der Waals surface area contributed by atoms with E-state index in [1.807, 2.05) is 19.9 Å². The first-order valence-corrected chi connectivity index (χ1v) is 10.1. The highest BCUT2D eigenvalue weighted by atomic mass is 16.5. The fourth-order valence-corrected chi connectivity index (χ4v) is 3.85. The minimum Gasteiger partial charge on any atom is -0.507 e. The van der Waals surface area contributed by atoms with Crippen LogP contribution in [0.1, 0.15) is 59.5 Å². The number of ether oxygens (including phenoxy) is 1. The summed E-state index contributed by atoms with van der Waals surface area (Å²) in [6, 6.07) is 4.25. The predicted octanol–water partition coefficient (Wildman–Crippen LogP) is 4.47. The zero-order valence-electron chi connectivity index (χ0n) is 18.2. The molecule has 2 aromatic rings. The first-order chi connectivity index (χ1) is 14.5. The van der Waals surface area contributed by atoms with E-state index in [4.69, 9.17) is 4.74 Å². The minimum absolute atomic E-state index is 0.134. The van der Waals surface area contributed by atoms with Crippen molar-refractivity contribution in [3.05, 3.63) is 69.8 Å². The van der Waals surface area contributed by atoms with Crippen molar-refractivity contribution in [3.8, 4) is 23.0 Å². The Morgan fingerprint density at radius 1 is 1.16 bits per heavy atom. The molecule has 0 bridgehead atoms. The van der Waals surface area contributed by atoms with E-state index in [9.17, 15) is 25.2 Å². The zero-order valence-corrected chi connectivity index (χ0v) is 18.2. The molecular formula is C25H28O6. The molecule has 0 spiro atoms. The van der Waals surface area contributed by atoms with Gasteiger partial charge in [0.2, 0.25) is 5.78 Å². The fourth-order valence-electron chi connectivity index (χ4n) is 3.85. The van der Waals surface area contributed by atoms with E-state index in [-0.39, 0.29) is 34.8 Å². The molecule has 0 aliphatic carbocycles. The van der Waals surface area contributed by atoms with Gasteiger partial charge >= 0.3 is 0 Å². The highest BCUT2D eigenvalue weighted by Gasteiger charge is 2.37. The smallest absolute Gasteiger partial charge is 0.204 e. The van der Waals surface area contributed by atoms with Crippen molar-refractivity contribution in [2.75, 3.05) is 6.61 Å². The largest absolute Gasteiger partial charge is 0.507 e. The molecule has 2 atom stereocenters. The summed E-state index contributed by atoms with van der Waals surface area (Å²) in [7, 11) is 0. The molecule has 0 fully saturated rings. The van der Waals surface area contributed by atoms with Crippen molar-refractivity contribution in [1.82, 2.24) is 0 Å². The molecule has 0 unspecified atom stereocenters. The molecule has 0 amide bonds. The Morgan fingerprint density at radius 3 is 2.45 bits per heavy atom. The number of allylic oxidation sites excluding steroid dienone is 2. The number of rotatable bonds is 5. The van der Waals surface area contributed by atoms with E-state index < -0.39 is 23.6 Å². The highest BCUT2D eigenvalue weighted by molar-refractivity contribution is 6.15. The molecule has 0 saturated heterocycles. The Balaban J connectivity index is 2.21. The van der Waals surface area contributed by atoms with Gasteiger partial charge in [-0.15, -0.1) is 0 Å². The molecule has 0 aromatic heterocycles. The molecule has 1 heterocycles. The molecule has 6 heteroatoms. The van der Waals surface area contributed by atoms with E-state index in [1.165, 1.54) is 12.1 Å². The lowest BCUT2D eigenvalue weighted by molar-refractivity contribution is 0.0664. The van der Waals surface area contributed by atoms with Crippen molar-refractivity contribution in [2.45, 2.75) is 40.2 Å². The summed E-state index contributed by atoms with van der Waals surface area (Å²) >= 11 is 0. The van der Waals surface area contributed by atoms with Crippen LogP contribution in [0.4, 0.5) is 0 Å². The molecule has 164 valence electrons. The minimum atomic E-state index is -1.14. The quantitative estimate of drug-likeness (QED) is 0.417. The van der Waals surface area contributed by atoms with Gasteiger partial charge in [0.15, 0.2) is 0 Å². The summed E-state index contributed by atoms with van der Waals surface area (Å²) in [5, 5.41) is 42.9. The van der Waals surface area contributed by atoms with Crippen molar-refractivity contribution in [1.29, 1.82) is 0 Å². The van der Waals surface area contributed by atoms with Crippen LogP contribution < -0.4 is 4.74 Å². The van der Waals surface area contributed by atoms with Crippen molar-refractivity contribution in [3.63, 3.8) is 0 Å². The third kappa shape index (κ3) is 4.03. The molecule has 1 aliphatic rings. The molecule has 0 radical (unpaired) electrons. The number of benzene rings is 2. The van der Waals surface area contributed by atoms with Gasteiger partial charge in [-0.1, -0.05) is 29.9 Å². The molecule has 1 aliphatic heterocycles. The number of aromatic hydroxyl groups is 3. The third-order valence-corrected chi connectivity index (χ3v) is 5.62. The number of hydrogen-bond acceptors (Lipinski definition) is 6. The number of phenolic OH excluding ortho intramolecular Hbond substituents is 3. The number of fused-ring (bicyclic) bond motifs is 1. The second kappa shape index (κ2) is 8.47. The van der Waals surface area contributed by atoms with Crippen LogP contribution in [0.2, 0.25) is 0 Å². The number of aliphatic hydroxyl groups excluding tert-OH is 1. The predicted molar refractivity (Wildman–Crippen MR) is 118 cm³/mol. The first kappa shape index (κ1) is 22.4. The standard InChI is InChI=1S/C25H28O6/c1-12(2)6-7-15-8-9-17(26)20(22(15)28)24(30)19-18(27)10-14(5)25-21(19)23(29)16(11-31-25)13(3)4/h6,8-10,16,23,26-29H,3,7,11H2,1-2,4-5H3/t16-,23-/m1/s1. The van der Waals surface area contributed by atoms with Gasteiger partial charge in [-0.05, 0) is 57.4 Å². The van der Waals surface area contributed by atoms with Gasteiger partial charge < -0.3 is 25.2 Å². The number of phenols is 3. The topological polar surface area (TPSA) is 107 Å². The molecule has 4 N–H and O–H groups in total. The Morgan fingerprint density at radius 2 is 1.84 bits per heavy atom. The summed E-state index contributed by atoms with van der Waals surface area (Å²) < 4.78 is 5.81. The monoisotopic (exact) mass is 424 g/mol. The fraction of sp³-hybridized carbons (Fsp3) is 0.320. The van der Waals surface area contributed by atoms with Crippen molar-refractivity contribution < 1.29 is 30.0 Å². The molecule has 2 aromatic carbocycles. The lowest BCUT2D eigenvalue weighted by Gasteiger charge is -2.33. The molecule has 3 rings (SSSR count). The lowest BCUT2D eigenvalue weighted by atomic mass is 9.82. The number of carbonyl (C=O) groups is 1. The average Bonchev–Trinajstić information content (AvgIpc) is 2.67. The molecular weight excluding hydrogens is 396 g/mol. The van der Waals surface area contributed by atoms with Crippen molar-refractivity contribution in [2.24, 2.45) is 5.92 Å².